The molecule has 2 amide bonds. The van der Waals surface area contributed by atoms with Crippen LogP contribution in [0, 0.1) is 19.8 Å². The first-order valence-electron chi connectivity index (χ1n) is 8.34. The van der Waals surface area contributed by atoms with Crippen LogP contribution >= 0.6 is 15.9 Å². The van der Waals surface area contributed by atoms with Crippen LogP contribution in [0.1, 0.15) is 23.1 Å². The smallest absolute Gasteiger partial charge is 0.229 e. The second-order valence-corrected chi connectivity index (χ2v) is 7.35. The van der Waals surface area contributed by atoms with Crippen molar-refractivity contribution in [3.8, 4) is 0 Å². The summed E-state index contributed by atoms with van der Waals surface area (Å²) < 4.78 is 1.02. The van der Waals surface area contributed by atoms with E-state index in [2.05, 4.69) is 21.2 Å². The fourth-order valence-corrected chi connectivity index (χ4v) is 3.49. The number of anilines is 1. The van der Waals surface area contributed by atoms with Gasteiger partial charge in [-0.15, -0.1) is 0 Å². The molecule has 0 unspecified atom stereocenters. The minimum Gasteiger partial charge on any atom is -0.338 e. The lowest BCUT2D eigenvalue weighted by molar-refractivity contribution is -0.128. The van der Waals surface area contributed by atoms with E-state index in [1.54, 1.807) is 4.90 Å². The molecule has 0 aromatic heterocycles. The van der Waals surface area contributed by atoms with Crippen LogP contribution in [0.15, 0.2) is 46.9 Å². The van der Waals surface area contributed by atoms with Crippen LogP contribution in [-0.4, -0.2) is 23.3 Å². The average Bonchev–Trinajstić information content (AvgIpc) is 2.97. The Bertz CT molecular complexity index is 805. The molecule has 25 heavy (non-hydrogen) atoms. The molecule has 1 heterocycles. The van der Waals surface area contributed by atoms with Crippen molar-refractivity contribution in [1.29, 1.82) is 0 Å². The highest BCUT2D eigenvalue weighted by atomic mass is 79.9. The normalized spacial score (nSPS) is 17.0. The largest absolute Gasteiger partial charge is 0.338 e. The van der Waals surface area contributed by atoms with Gasteiger partial charge in [-0.25, -0.2) is 0 Å². The van der Waals surface area contributed by atoms with Gasteiger partial charge in [0.05, 0.1) is 5.92 Å². The van der Waals surface area contributed by atoms with E-state index < -0.39 is 0 Å². The second-order valence-electron chi connectivity index (χ2n) is 6.50. The fourth-order valence-electron chi connectivity index (χ4n) is 3.06. The van der Waals surface area contributed by atoms with Crippen LogP contribution in [-0.2, 0) is 16.1 Å². The fraction of sp³-hybridized carbons (Fsp3) is 0.300. The van der Waals surface area contributed by atoms with Gasteiger partial charge in [0.15, 0.2) is 0 Å². The van der Waals surface area contributed by atoms with E-state index in [1.165, 1.54) is 0 Å². The van der Waals surface area contributed by atoms with E-state index in [0.29, 0.717) is 13.1 Å². The van der Waals surface area contributed by atoms with E-state index in [1.807, 2.05) is 56.3 Å². The van der Waals surface area contributed by atoms with Gasteiger partial charge in [-0.3, -0.25) is 9.59 Å². The van der Waals surface area contributed by atoms with Gasteiger partial charge in [-0.2, -0.15) is 0 Å². The standard InChI is InChI=1S/C20H21BrN2O2/c1-13-14(2)18(9-8-17(13)21)22-20(25)16-10-19(24)23(12-16)11-15-6-4-3-5-7-15/h3-9,16H,10-12H2,1-2H3,(H,22,25)/t16-/m1/s1. The molecule has 5 heteroatoms. The first-order valence-corrected chi connectivity index (χ1v) is 9.13. The zero-order valence-electron chi connectivity index (χ0n) is 14.4. The van der Waals surface area contributed by atoms with Gasteiger partial charge in [0.1, 0.15) is 0 Å². The molecule has 1 atom stereocenters. The first-order chi connectivity index (χ1) is 12.0. The lowest BCUT2D eigenvalue weighted by Gasteiger charge is -2.17. The molecule has 0 radical (unpaired) electrons. The Morgan fingerprint density at radius 1 is 1.16 bits per heavy atom. The van der Waals surface area contributed by atoms with Crippen molar-refractivity contribution in [3.05, 3.63) is 63.6 Å². The average molecular weight is 401 g/mol. The van der Waals surface area contributed by atoms with Crippen molar-refractivity contribution in [3.63, 3.8) is 0 Å². The van der Waals surface area contributed by atoms with Crippen molar-refractivity contribution in [2.24, 2.45) is 5.92 Å². The highest BCUT2D eigenvalue weighted by molar-refractivity contribution is 9.10. The molecule has 0 aliphatic carbocycles. The Labute approximate surface area is 156 Å². The summed E-state index contributed by atoms with van der Waals surface area (Å²) >= 11 is 3.50. The molecule has 1 fully saturated rings. The number of rotatable bonds is 4. The summed E-state index contributed by atoms with van der Waals surface area (Å²) in [5, 5.41) is 2.99. The predicted octanol–water partition coefficient (Wildman–Crippen LogP) is 4.05. The third kappa shape index (κ3) is 3.93. The van der Waals surface area contributed by atoms with E-state index in [4.69, 9.17) is 0 Å². The van der Waals surface area contributed by atoms with Gasteiger partial charge >= 0.3 is 0 Å². The molecule has 130 valence electrons. The van der Waals surface area contributed by atoms with Crippen LogP contribution in [0.3, 0.4) is 0 Å². The topological polar surface area (TPSA) is 49.4 Å². The number of benzene rings is 2. The maximum absolute atomic E-state index is 12.6. The SMILES string of the molecule is Cc1c(Br)ccc(NC(=O)[C@@H]2CC(=O)N(Cc3ccccc3)C2)c1C. The molecular weight excluding hydrogens is 380 g/mol. The van der Waals surface area contributed by atoms with E-state index in [-0.39, 0.29) is 24.2 Å². The van der Waals surface area contributed by atoms with E-state index in [0.717, 1.165) is 26.9 Å². The quantitative estimate of drug-likeness (QED) is 0.841. The minimum absolute atomic E-state index is 0.0349. The Kier molecular flexibility index (Phi) is 5.23. The lowest BCUT2D eigenvalue weighted by Crippen LogP contribution is -2.28. The molecule has 1 N–H and O–H groups in total. The molecule has 1 aliphatic rings. The highest BCUT2D eigenvalue weighted by Crippen LogP contribution is 2.27. The molecule has 0 bridgehead atoms. The number of carbonyl (C=O) groups excluding carboxylic acids is 2. The van der Waals surface area contributed by atoms with Gasteiger partial charge in [-0.05, 0) is 42.7 Å². The maximum atomic E-state index is 12.6. The lowest BCUT2D eigenvalue weighted by atomic mass is 10.1. The van der Waals surface area contributed by atoms with Crippen LogP contribution in [0.4, 0.5) is 5.69 Å². The van der Waals surface area contributed by atoms with Crippen molar-refractivity contribution in [1.82, 2.24) is 4.90 Å². The Morgan fingerprint density at radius 2 is 1.88 bits per heavy atom. The van der Waals surface area contributed by atoms with E-state index >= 15 is 0 Å². The van der Waals surface area contributed by atoms with Crippen LogP contribution < -0.4 is 5.32 Å². The molecule has 2 aromatic rings. The van der Waals surface area contributed by atoms with Crippen molar-refractivity contribution < 1.29 is 9.59 Å². The zero-order valence-corrected chi connectivity index (χ0v) is 16.0. The monoisotopic (exact) mass is 400 g/mol. The number of hydrogen-bond acceptors (Lipinski definition) is 2. The summed E-state index contributed by atoms with van der Waals surface area (Å²) in [5.41, 5.74) is 4.02. The predicted molar refractivity (Wildman–Crippen MR) is 102 cm³/mol. The van der Waals surface area contributed by atoms with Crippen LogP contribution in [0.5, 0.6) is 0 Å². The summed E-state index contributed by atoms with van der Waals surface area (Å²) in [6.45, 7) is 5.01. The third-order valence-electron chi connectivity index (χ3n) is 4.78. The number of likely N-dealkylation sites (tertiary alicyclic amines) is 1. The minimum atomic E-state index is -0.306. The first kappa shape index (κ1) is 17.7. The number of hydrogen-bond donors (Lipinski definition) is 1. The molecule has 1 saturated heterocycles. The molecule has 4 nitrogen and oxygen atoms in total. The summed E-state index contributed by atoms with van der Waals surface area (Å²) in [6, 6.07) is 13.7. The Balaban J connectivity index is 1.66. The molecule has 1 aliphatic heterocycles. The zero-order chi connectivity index (χ0) is 18.0. The maximum Gasteiger partial charge on any atom is 0.229 e. The van der Waals surface area contributed by atoms with Crippen molar-refractivity contribution in [2.45, 2.75) is 26.8 Å². The summed E-state index contributed by atoms with van der Waals surface area (Å²) in [7, 11) is 0. The number of halogens is 1. The third-order valence-corrected chi connectivity index (χ3v) is 5.64. The van der Waals surface area contributed by atoms with E-state index in [9.17, 15) is 9.59 Å². The molecular formula is C20H21BrN2O2. The van der Waals surface area contributed by atoms with Gasteiger partial charge in [0, 0.05) is 29.7 Å². The number of nitrogens with zero attached hydrogens (tertiary/aromatic N) is 1. The Morgan fingerprint density at radius 3 is 2.60 bits per heavy atom. The molecule has 0 saturated carbocycles. The van der Waals surface area contributed by atoms with Crippen LogP contribution in [0.2, 0.25) is 0 Å². The number of carbonyl (C=O) groups is 2. The van der Waals surface area contributed by atoms with Crippen molar-refractivity contribution >= 4 is 33.4 Å². The molecule has 3 rings (SSSR count). The Hall–Kier alpha value is -2.14. The van der Waals surface area contributed by atoms with Gasteiger partial charge in [0.25, 0.3) is 0 Å². The van der Waals surface area contributed by atoms with Gasteiger partial charge in [0.2, 0.25) is 11.8 Å². The molecule has 0 spiro atoms. The number of nitrogens with one attached hydrogen (secondary N) is 1. The van der Waals surface area contributed by atoms with Crippen molar-refractivity contribution in [2.75, 3.05) is 11.9 Å². The van der Waals surface area contributed by atoms with Gasteiger partial charge < -0.3 is 10.2 Å². The van der Waals surface area contributed by atoms with Gasteiger partial charge in [-0.1, -0.05) is 46.3 Å². The van der Waals surface area contributed by atoms with Crippen LogP contribution in [0.25, 0.3) is 0 Å². The second kappa shape index (κ2) is 7.40. The summed E-state index contributed by atoms with van der Waals surface area (Å²) in [5.74, 6) is -0.360. The molecule has 2 aromatic carbocycles. The highest BCUT2D eigenvalue weighted by Gasteiger charge is 2.34. The summed E-state index contributed by atoms with van der Waals surface area (Å²) in [4.78, 5) is 26.6. The number of amides is 2. The summed E-state index contributed by atoms with van der Waals surface area (Å²) in [6.07, 6.45) is 0.271.